The molecule has 2 unspecified atom stereocenters. The number of ether oxygens (including phenoxy) is 2. The number of hydrogen-bond donors (Lipinski definition) is 3. The number of halogens is 4. The van der Waals surface area contributed by atoms with Crippen molar-refractivity contribution in [3.05, 3.63) is 65.1 Å². The number of nitrogens with one attached hydrogen (secondary N) is 2. The van der Waals surface area contributed by atoms with E-state index in [1.165, 1.54) is 58.4 Å². The molecule has 0 aliphatic carbocycles. The van der Waals surface area contributed by atoms with Gasteiger partial charge in [0, 0.05) is 34.1 Å². The van der Waals surface area contributed by atoms with Gasteiger partial charge >= 0.3 is 12.1 Å². The average molecular weight is 553 g/mol. The molecule has 7 nitrogen and oxygen atoms in total. The minimum Gasteiger partial charge on any atom is -0.496 e. The van der Waals surface area contributed by atoms with Crippen molar-refractivity contribution in [2.24, 2.45) is 0 Å². The topological polar surface area (TPSA) is 101 Å². The summed E-state index contributed by atoms with van der Waals surface area (Å²) in [7, 11) is 2.54. The lowest BCUT2D eigenvalue weighted by Crippen LogP contribution is -2.51. The number of fused-ring (bicyclic) bond motifs is 1. The lowest BCUT2D eigenvalue weighted by Gasteiger charge is -2.38. The van der Waals surface area contributed by atoms with Gasteiger partial charge in [-0.05, 0) is 60.7 Å². The molecule has 3 N–H and O–H groups in total. The Morgan fingerprint density at radius 3 is 2.36 bits per heavy atom. The number of benzene rings is 2. The van der Waals surface area contributed by atoms with Gasteiger partial charge in [-0.25, -0.2) is 9.18 Å². The maximum Gasteiger partial charge on any atom is 0.417 e. The van der Waals surface area contributed by atoms with E-state index in [0.29, 0.717) is 17.3 Å². The zero-order chi connectivity index (χ0) is 29.2. The minimum absolute atomic E-state index is 0.0883. The number of aliphatic hydroxyl groups is 1. The summed E-state index contributed by atoms with van der Waals surface area (Å²) < 4.78 is 66.8. The summed E-state index contributed by atoms with van der Waals surface area (Å²) >= 11 is 0. The summed E-state index contributed by atoms with van der Waals surface area (Å²) in [4.78, 5) is 27.3. The number of hydrogen-bond acceptors (Lipinski definition) is 5. The largest absolute Gasteiger partial charge is 0.496 e. The molecular weight excluding hydrogens is 520 g/mol. The first-order valence-electron chi connectivity index (χ1n) is 12.3. The lowest BCUT2D eigenvalue weighted by molar-refractivity contribution is -0.266. The first-order valence-corrected chi connectivity index (χ1v) is 12.3. The van der Waals surface area contributed by atoms with Gasteiger partial charge in [0.1, 0.15) is 17.6 Å². The van der Waals surface area contributed by atoms with E-state index in [1.54, 1.807) is 6.92 Å². The van der Waals surface area contributed by atoms with Gasteiger partial charge in [-0.15, -0.1) is 0 Å². The highest BCUT2D eigenvalue weighted by Gasteiger charge is 2.56. The summed E-state index contributed by atoms with van der Waals surface area (Å²) in [5.74, 6) is -1.57. The van der Waals surface area contributed by atoms with E-state index in [0.717, 1.165) is 12.1 Å². The molecule has 212 valence electrons. The van der Waals surface area contributed by atoms with E-state index in [-0.39, 0.29) is 22.6 Å². The van der Waals surface area contributed by atoms with Crippen molar-refractivity contribution >= 4 is 22.8 Å². The number of carbonyl (C=O) groups excluding carboxylic acids is 2. The van der Waals surface area contributed by atoms with Crippen LogP contribution in [0, 0.1) is 5.82 Å². The second kappa shape index (κ2) is 11.3. The van der Waals surface area contributed by atoms with Crippen LogP contribution in [-0.2, 0) is 21.4 Å². The van der Waals surface area contributed by atoms with Gasteiger partial charge in [0.25, 0.3) is 5.91 Å². The van der Waals surface area contributed by atoms with E-state index < -0.39 is 53.8 Å². The van der Waals surface area contributed by atoms with Crippen LogP contribution in [0.5, 0.6) is 5.75 Å². The predicted molar refractivity (Wildman–Crippen MR) is 137 cm³/mol. The second-order valence-corrected chi connectivity index (χ2v) is 10.2. The molecule has 2 atom stereocenters. The second-order valence-electron chi connectivity index (χ2n) is 10.2. The summed E-state index contributed by atoms with van der Waals surface area (Å²) in [6.45, 7) is 4.67. The van der Waals surface area contributed by atoms with Crippen LogP contribution in [0.3, 0.4) is 0 Å². The van der Waals surface area contributed by atoms with Crippen LogP contribution in [0.4, 0.5) is 17.6 Å². The molecule has 39 heavy (non-hydrogen) atoms. The zero-order valence-electron chi connectivity index (χ0n) is 22.3. The third-order valence-electron chi connectivity index (χ3n) is 6.77. The molecule has 1 heterocycles. The van der Waals surface area contributed by atoms with Gasteiger partial charge < -0.3 is 24.9 Å². The molecule has 1 amide bonds. The van der Waals surface area contributed by atoms with Crippen LogP contribution in [-0.4, -0.2) is 54.0 Å². The molecule has 0 bridgehead atoms. The summed E-state index contributed by atoms with van der Waals surface area (Å²) in [6, 6.07) is 8.64. The van der Waals surface area contributed by atoms with Crippen LogP contribution >= 0.6 is 0 Å². The highest BCUT2D eigenvalue weighted by atomic mass is 19.4. The molecule has 0 spiro atoms. The Morgan fingerprint density at radius 2 is 1.77 bits per heavy atom. The number of H-pyrrole nitrogens is 1. The van der Waals surface area contributed by atoms with Crippen molar-refractivity contribution in [2.45, 2.75) is 63.3 Å². The predicted octanol–water partition coefficient (Wildman–Crippen LogP) is 5.20. The molecule has 1 aromatic heterocycles. The van der Waals surface area contributed by atoms with E-state index in [9.17, 15) is 32.3 Å². The first-order chi connectivity index (χ1) is 18.1. The number of methoxy groups -OCH3 is 2. The van der Waals surface area contributed by atoms with Crippen molar-refractivity contribution in [2.75, 3.05) is 14.2 Å². The van der Waals surface area contributed by atoms with E-state index >= 15 is 0 Å². The van der Waals surface area contributed by atoms with E-state index in [1.807, 2.05) is 0 Å². The van der Waals surface area contributed by atoms with Crippen molar-refractivity contribution in [1.29, 1.82) is 0 Å². The molecule has 0 aliphatic rings. The monoisotopic (exact) mass is 552 g/mol. The van der Waals surface area contributed by atoms with Gasteiger partial charge in [0.2, 0.25) is 0 Å². The maximum atomic E-state index is 14.3. The van der Waals surface area contributed by atoms with E-state index in [4.69, 9.17) is 4.74 Å². The Balaban J connectivity index is 1.91. The highest BCUT2D eigenvalue weighted by molar-refractivity contribution is 6.00. The molecule has 0 aliphatic heterocycles. The van der Waals surface area contributed by atoms with Gasteiger partial charge in [-0.1, -0.05) is 20.8 Å². The molecular formula is C28H32F4N2O5. The van der Waals surface area contributed by atoms with Crippen LogP contribution < -0.4 is 10.1 Å². The average Bonchev–Trinajstić information content (AvgIpc) is 3.26. The van der Waals surface area contributed by atoms with Crippen LogP contribution in [0.1, 0.15) is 55.2 Å². The fourth-order valence-electron chi connectivity index (χ4n) is 4.75. The summed E-state index contributed by atoms with van der Waals surface area (Å²) in [6.07, 6.45) is -6.30. The molecule has 0 fully saturated rings. The molecule has 0 saturated carbocycles. The van der Waals surface area contributed by atoms with Gasteiger partial charge in [-0.2, -0.15) is 13.2 Å². The fraction of sp³-hybridized carbons (Fsp3) is 0.429. The number of rotatable bonds is 10. The number of alkyl halides is 3. The Hall–Kier alpha value is -3.60. The van der Waals surface area contributed by atoms with Crippen LogP contribution in [0.15, 0.2) is 42.5 Å². The number of amides is 1. The van der Waals surface area contributed by atoms with Crippen LogP contribution in [0.25, 0.3) is 10.9 Å². The number of aromatic nitrogens is 1. The van der Waals surface area contributed by atoms with Crippen molar-refractivity contribution in [1.82, 2.24) is 10.3 Å². The fourth-order valence-corrected chi connectivity index (χ4v) is 4.75. The minimum atomic E-state index is -5.02. The van der Waals surface area contributed by atoms with Crippen LogP contribution in [0.2, 0.25) is 0 Å². The first kappa shape index (κ1) is 29.9. The highest BCUT2D eigenvalue weighted by Crippen LogP contribution is 2.45. The molecule has 2 aromatic carbocycles. The smallest absolute Gasteiger partial charge is 0.417 e. The van der Waals surface area contributed by atoms with Gasteiger partial charge in [-0.3, -0.25) is 4.79 Å². The maximum absolute atomic E-state index is 14.3. The third kappa shape index (κ3) is 6.52. The van der Waals surface area contributed by atoms with E-state index in [2.05, 4.69) is 15.0 Å². The Bertz CT molecular complexity index is 1350. The zero-order valence-corrected chi connectivity index (χ0v) is 22.3. The normalized spacial score (nSPS) is 14.5. The number of aromatic amines is 1. The summed E-state index contributed by atoms with van der Waals surface area (Å²) in [5, 5.41) is 14.0. The Kier molecular flexibility index (Phi) is 8.64. The molecule has 11 heteroatoms. The molecule has 3 rings (SSSR count). The van der Waals surface area contributed by atoms with Crippen molar-refractivity contribution in [3.63, 3.8) is 0 Å². The standard InChI is InChI=1S/C28H32F4N2O5/c1-6-21(25(36)39-5)34-24(35)16-7-9-22-17(11-16)12-19(33-22)14-27(37,28(30,31)32)15-26(2,3)20-13-18(29)8-10-23(20)38-4/h7-13,21,33,37H,6,14-15H2,1-5H3,(H,34,35). The van der Waals surface area contributed by atoms with Gasteiger partial charge in [0.05, 0.1) is 14.2 Å². The Morgan fingerprint density at radius 1 is 1.08 bits per heavy atom. The molecule has 3 aromatic rings. The Labute approximate surface area is 223 Å². The molecule has 0 saturated heterocycles. The lowest BCUT2D eigenvalue weighted by atomic mass is 9.73. The van der Waals surface area contributed by atoms with Crippen molar-refractivity contribution in [3.8, 4) is 5.75 Å². The molecule has 0 radical (unpaired) electrons. The third-order valence-corrected chi connectivity index (χ3v) is 6.77. The quantitative estimate of drug-likeness (QED) is 0.237. The van der Waals surface area contributed by atoms with Crippen molar-refractivity contribution < 1.29 is 41.7 Å². The van der Waals surface area contributed by atoms with Gasteiger partial charge in [0.15, 0.2) is 5.60 Å². The number of carbonyl (C=O) groups is 2. The summed E-state index contributed by atoms with van der Waals surface area (Å²) in [5.41, 5.74) is -3.57. The number of esters is 1. The SMILES string of the molecule is CCC(NC(=O)c1ccc2[nH]c(CC(O)(CC(C)(C)c3cc(F)ccc3OC)C(F)(F)F)cc2c1)C(=O)OC.